The summed E-state index contributed by atoms with van der Waals surface area (Å²) in [6.45, 7) is 0.296. The van der Waals surface area contributed by atoms with Crippen LogP contribution in [0.5, 0.6) is 0 Å². The third-order valence-corrected chi connectivity index (χ3v) is 3.70. The predicted octanol–water partition coefficient (Wildman–Crippen LogP) is 1.81. The highest BCUT2D eigenvalue weighted by atomic mass is 16.4. The van der Waals surface area contributed by atoms with Gasteiger partial charge in [0.2, 0.25) is 5.91 Å². The van der Waals surface area contributed by atoms with Gasteiger partial charge in [-0.2, -0.15) is 0 Å². The van der Waals surface area contributed by atoms with Crippen LogP contribution >= 0.6 is 0 Å². The molecule has 0 spiro atoms. The average molecular weight is 270 g/mol. The van der Waals surface area contributed by atoms with Gasteiger partial charge in [-0.05, 0) is 17.4 Å². The van der Waals surface area contributed by atoms with E-state index in [2.05, 4.69) is 4.98 Å². The molecule has 5 nitrogen and oxygen atoms in total. The van der Waals surface area contributed by atoms with Gasteiger partial charge in [0.25, 0.3) is 0 Å². The number of aliphatic carboxylic acids is 1. The molecule has 0 radical (unpaired) electrons. The van der Waals surface area contributed by atoms with Gasteiger partial charge in [-0.3, -0.25) is 9.78 Å². The molecule has 102 valence electrons. The number of carbonyl (C=O) groups is 2. The molecule has 1 aliphatic rings. The maximum atomic E-state index is 11.9. The Bertz CT molecular complexity index is 678. The van der Waals surface area contributed by atoms with E-state index < -0.39 is 12.0 Å². The van der Waals surface area contributed by atoms with Gasteiger partial charge in [-0.15, -0.1) is 0 Å². The summed E-state index contributed by atoms with van der Waals surface area (Å²) >= 11 is 0. The molecule has 3 rings (SSSR count). The second-order valence-electron chi connectivity index (χ2n) is 4.93. The molecule has 20 heavy (non-hydrogen) atoms. The summed E-state index contributed by atoms with van der Waals surface area (Å²) in [5.41, 5.74) is 0.879. The minimum Gasteiger partial charge on any atom is -0.480 e. The van der Waals surface area contributed by atoms with E-state index in [4.69, 9.17) is 0 Å². The molecule has 1 aromatic carbocycles. The van der Waals surface area contributed by atoms with Crippen LogP contribution in [0, 0.1) is 0 Å². The first-order valence-electron chi connectivity index (χ1n) is 6.51. The van der Waals surface area contributed by atoms with E-state index in [9.17, 15) is 14.7 Å². The van der Waals surface area contributed by atoms with Crippen LogP contribution in [-0.4, -0.2) is 32.9 Å². The minimum atomic E-state index is -0.941. The van der Waals surface area contributed by atoms with Crippen LogP contribution in [0.25, 0.3) is 10.8 Å². The Hall–Kier alpha value is -2.43. The summed E-state index contributed by atoms with van der Waals surface area (Å²) in [6.07, 6.45) is 4.15. The fourth-order valence-corrected chi connectivity index (χ4v) is 2.68. The largest absolute Gasteiger partial charge is 0.480 e. The summed E-state index contributed by atoms with van der Waals surface area (Å²) in [7, 11) is 0. The van der Waals surface area contributed by atoms with E-state index in [1.165, 1.54) is 4.90 Å². The third kappa shape index (κ3) is 2.11. The molecule has 1 N–H and O–H groups in total. The lowest BCUT2D eigenvalue weighted by molar-refractivity contribution is -0.146. The number of rotatable bonds is 3. The van der Waals surface area contributed by atoms with E-state index in [1.54, 1.807) is 12.4 Å². The minimum absolute atomic E-state index is 0.106. The number of pyridine rings is 1. The zero-order valence-electron chi connectivity index (χ0n) is 10.8. The van der Waals surface area contributed by atoms with Crippen LogP contribution in [-0.2, 0) is 16.1 Å². The first-order valence-corrected chi connectivity index (χ1v) is 6.51. The zero-order chi connectivity index (χ0) is 14.1. The van der Waals surface area contributed by atoms with Gasteiger partial charge in [0.05, 0.1) is 0 Å². The van der Waals surface area contributed by atoms with Crippen LogP contribution in [0.2, 0.25) is 0 Å². The number of aromatic nitrogens is 1. The monoisotopic (exact) mass is 270 g/mol. The van der Waals surface area contributed by atoms with E-state index >= 15 is 0 Å². The lowest BCUT2D eigenvalue weighted by atomic mass is 10.1. The molecule has 5 heteroatoms. The van der Waals surface area contributed by atoms with Crippen molar-refractivity contribution in [3.8, 4) is 0 Å². The molecule has 0 aliphatic carbocycles. The summed E-state index contributed by atoms with van der Waals surface area (Å²) in [6, 6.07) is 7.04. The summed E-state index contributed by atoms with van der Waals surface area (Å²) < 4.78 is 0. The van der Waals surface area contributed by atoms with Crippen LogP contribution in [0.3, 0.4) is 0 Å². The predicted molar refractivity (Wildman–Crippen MR) is 73.0 cm³/mol. The molecule has 2 aromatic rings. The van der Waals surface area contributed by atoms with E-state index in [-0.39, 0.29) is 5.91 Å². The van der Waals surface area contributed by atoms with Gasteiger partial charge in [0.15, 0.2) is 0 Å². The van der Waals surface area contributed by atoms with Crippen molar-refractivity contribution in [2.75, 3.05) is 0 Å². The van der Waals surface area contributed by atoms with Gasteiger partial charge in [-0.1, -0.05) is 24.3 Å². The number of amides is 1. The number of hydrogen-bond donors (Lipinski definition) is 1. The van der Waals surface area contributed by atoms with Crippen molar-refractivity contribution in [1.29, 1.82) is 0 Å². The number of carboxylic acids is 1. The maximum Gasteiger partial charge on any atom is 0.326 e. The molecule has 0 bridgehead atoms. The fourth-order valence-electron chi connectivity index (χ4n) is 2.68. The lowest BCUT2D eigenvalue weighted by Crippen LogP contribution is -2.37. The lowest BCUT2D eigenvalue weighted by Gasteiger charge is -2.22. The summed E-state index contributed by atoms with van der Waals surface area (Å²) in [4.78, 5) is 28.7. The van der Waals surface area contributed by atoms with E-state index in [0.717, 1.165) is 16.3 Å². The van der Waals surface area contributed by atoms with E-state index in [1.807, 2.05) is 24.3 Å². The number of hydrogen-bond acceptors (Lipinski definition) is 3. The average Bonchev–Trinajstić information content (AvgIpc) is 2.81. The van der Waals surface area contributed by atoms with Gasteiger partial charge < -0.3 is 10.0 Å². The van der Waals surface area contributed by atoms with Gasteiger partial charge in [0, 0.05) is 30.7 Å². The van der Waals surface area contributed by atoms with Crippen molar-refractivity contribution in [1.82, 2.24) is 9.88 Å². The topological polar surface area (TPSA) is 70.5 Å². The Morgan fingerprint density at radius 3 is 2.95 bits per heavy atom. The van der Waals surface area contributed by atoms with Crippen molar-refractivity contribution in [2.45, 2.75) is 25.4 Å². The standard InChI is InChI=1S/C15H14N2O3/c18-14-6-5-13(15(19)20)17(14)9-11-8-16-7-10-3-1-2-4-12(10)11/h1-4,7-8,13H,5-6,9H2,(H,19,20). The van der Waals surface area contributed by atoms with Crippen LogP contribution in [0.1, 0.15) is 18.4 Å². The molecular weight excluding hydrogens is 256 g/mol. The molecule has 1 unspecified atom stereocenters. The Kier molecular flexibility index (Phi) is 3.10. The normalized spacial score (nSPS) is 18.7. The summed E-state index contributed by atoms with van der Waals surface area (Å²) in [5, 5.41) is 11.2. The number of fused-ring (bicyclic) bond motifs is 1. The van der Waals surface area contributed by atoms with Crippen molar-refractivity contribution in [2.24, 2.45) is 0 Å². The van der Waals surface area contributed by atoms with Gasteiger partial charge >= 0.3 is 5.97 Å². The zero-order valence-corrected chi connectivity index (χ0v) is 10.8. The smallest absolute Gasteiger partial charge is 0.326 e. The molecule has 1 fully saturated rings. The second-order valence-corrected chi connectivity index (χ2v) is 4.93. The van der Waals surface area contributed by atoms with Crippen LogP contribution in [0.15, 0.2) is 36.7 Å². The molecule has 1 saturated heterocycles. The van der Waals surface area contributed by atoms with Gasteiger partial charge in [-0.25, -0.2) is 4.79 Å². The van der Waals surface area contributed by atoms with Crippen molar-refractivity contribution < 1.29 is 14.7 Å². The molecule has 0 saturated carbocycles. The molecule has 1 aliphatic heterocycles. The van der Waals surface area contributed by atoms with Crippen molar-refractivity contribution in [3.63, 3.8) is 0 Å². The molecular formula is C15H14N2O3. The number of carboxylic acid groups (broad SMARTS) is 1. The number of likely N-dealkylation sites (tertiary alicyclic amines) is 1. The first kappa shape index (κ1) is 12.6. The Morgan fingerprint density at radius 1 is 1.35 bits per heavy atom. The first-order chi connectivity index (χ1) is 9.66. The maximum absolute atomic E-state index is 11.9. The second kappa shape index (κ2) is 4.92. The van der Waals surface area contributed by atoms with E-state index in [0.29, 0.717) is 19.4 Å². The molecule has 1 atom stereocenters. The molecule has 1 amide bonds. The summed E-state index contributed by atoms with van der Waals surface area (Å²) in [5.74, 6) is -1.05. The third-order valence-electron chi connectivity index (χ3n) is 3.70. The number of nitrogens with zero attached hydrogens (tertiary/aromatic N) is 2. The highest BCUT2D eigenvalue weighted by Crippen LogP contribution is 2.24. The molecule has 2 heterocycles. The van der Waals surface area contributed by atoms with Crippen molar-refractivity contribution >= 4 is 22.6 Å². The SMILES string of the molecule is O=C(O)C1CCC(=O)N1Cc1cncc2ccccc12. The number of benzene rings is 1. The van der Waals surface area contributed by atoms with Gasteiger partial charge in [0.1, 0.15) is 6.04 Å². The van der Waals surface area contributed by atoms with Crippen LogP contribution in [0.4, 0.5) is 0 Å². The highest BCUT2D eigenvalue weighted by molar-refractivity contribution is 5.89. The Balaban J connectivity index is 1.96. The Labute approximate surface area is 115 Å². The fraction of sp³-hybridized carbons (Fsp3) is 0.267. The quantitative estimate of drug-likeness (QED) is 0.923. The number of carbonyl (C=O) groups excluding carboxylic acids is 1. The van der Waals surface area contributed by atoms with Crippen molar-refractivity contribution in [3.05, 3.63) is 42.2 Å². The Morgan fingerprint density at radius 2 is 2.15 bits per heavy atom. The van der Waals surface area contributed by atoms with Crippen LogP contribution < -0.4 is 0 Å². The molecule has 1 aromatic heterocycles. The highest BCUT2D eigenvalue weighted by Gasteiger charge is 2.36.